The number of nitrogens with one attached hydrogen (secondary N) is 1. The van der Waals surface area contributed by atoms with Gasteiger partial charge in [0.2, 0.25) is 5.91 Å². The number of pyridine rings is 1. The Morgan fingerprint density at radius 1 is 1.17 bits per heavy atom. The number of hydrogen-bond acceptors (Lipinski definition) is 7. The Bertz CT molecular complexity index is 960. The van der Waals surface area contributed by atoms with Crippen LogP contribution in [-0.4, -0.2) is 58.9 Å². The number of rotatable bonds is 5. The van der Waals surface area contributed by atoms with Crippen LogP contribution in [0, 0.1) is 5.92 Å². The number of piperazine rings is 1. The summed E-state index contributed by atoms with van der Waals surface area (Å²) in [6, 6.07) is 6.48. The molecule has 0 aliphatic carbocycles. The van der Waals surface area contributed by atoms with Gasteiger partial charge in [-0.3, -0.25) is 9.59 Å². The van der Waals surface area contributed by atoms with Crippen LogP contribution in [0.2, 0.25) is 0 Å². The van der Waals surface area contributed by atoms with E-state index >= 15 is 0 Å². The molecule has 1 aliphatic rings. The second-order valence-electron chi connectivity index (χ2n) is 7.31. The summed E-state index contributed by atoms with van der Waals surface area (Å²) in [5.41, 5.74) is 0.895. The molecule has 4 rings (SSSR count). The summed E-state index contributed by atoms with van der Waals surface area (Å²) >= 11 is 1.56. The minimum Gasteiger partial charge on any atom is -0.459 e. The molecule has 0 saturated carbocycles. The molecule has 29 heavy (non-hydrogen) atoms. The highest BCUT2D eigenvalue weighted by molar-refractivity contribution is 7.21. The van der Waals surface area contributed by atoms with Gasteiger partial charge in [-0.15, -0.1) is 0 Å². The van der Waals surface area contributed by atoms with E-state index in [0.29, 0.717) is 26.2 Å². The minimum atomic E-state index is -0.592. The molecule has 0 radical (unpaired) electrons. The third kappa shape index (κ3) is 4.09. The van der Waals surface area contributed by atoms with E-state index in [-0.39, 0.29) is 23.5 Å². The molecule has 1 aliphatic heterocycles. The lowest BCUT2D eigenvalue weighted by Crippen LogP contribution is -2.56. The fourth-order valence-electron chi connectivity index (χ4n) is 3.34. The van der Waals surface area contributed by atoms with Gasteiger partial charge in [-0.05, 0) is 30.2 Å². The van der Waals surface area contributed by atoms with Crippen molar-refractivity contribution in [2.24, 2.45) is 5.92 Å². The van der Waals surface area contributed by atoms with E-state index in [1.807, 2.05) is 30.9 Å². The van der Waals surface area contributed by atoms with Gasteiger partial charge in [0.25, 0.3) is 5.91 Å². The summed E-state index contributed by atoms with van der Waals surface area (Å²) in [7, 11) is 0. The molecule has 2 amide bonds. The maximum absolute atomic E-state index is 13.1. The Kier molecular flexibility index (Phi) is 5.48. The number of thiazole rings is 1. The monoisotopic (exact) mass is 413 g/mol. The molecule has 9 heteroatoms. The molecule has 1 atom stereocenters. The molecule has 1 N–H and O–H groups in total. The number of aromatic nitrogens is 2. The lowest BCUT2D eigenvalue weighted by Gasteiger charge is -2.37. The molecule has 3 aromatic heterocycles. The Morgan fingerprint density at radius 3 is 2.62 bits per heavy atom. The summed E-state index contributed by atoms with van der Waals surface area (Å²) in [5.74, 6) is -0.263. The summed E-state index contributed by atoms with van der Waals surface area (Å²) in [6.45, 7) is 6.42. The van der Waals surface area contributed by atoms with E-state index in [1.165, 1.54) is 6.26 Å². The first-order chi connectivity index (χ1) is 14.0. The highest BCUT2D eigenvalue weighted by Crippen LogP contribution is 2.27. The van der Waals surface area contributed by atoms with E-state index in [0.717, 1.165) is 15.5 Å². The van der Waals surface area contributed by atoms with E-state index < -0.39 is 6.04 Å². The number of anilines is 1. The zero-order valence-corrected chi connectivity index (χ0v) is 17.2. The number of carbonyl (C=O) groups excluding carboxylic acids is 2. The molecule has 0 spiro atoms. The predicted octanol–water partition coefficient (Wildman–Crippen LogP) is 2.39. The Labute approximate surface area is 172 Å². The van der Waals surface area contributed by atoms with Crippen molar-refractivity contribution in [1.29, 1.82) is 0 Å². The summed E-state index contributed by atoms with van der Waals surface area (Å²) in [6.07, 6.45) is 3.21. The fourth-order valence-corrected chi connectivity index (χ4v) is 4.30. The largest absolute Gasteiger partial charge is 0.459 e. The standard InChI is InChI=1S/C20H23N5O3S/c1-13(2)16(23-17(26)15-6-4-12-28-15)19(27)24-8-10-25(11-9-24)20-22-14-5-3-7-21-18(14)29-20/h3-7,12-13,16H,8-11H2,1-2H3,(H,23,26). The van der Waals surface area contributed by atoms with Crippen molar-refractivity contribution in [3.63, 3.8) is 0 Å². The predicted molar refractivity (Wildman–Crippen MR) is 111 cm³/mol. The molecule has 1 saturated heterocycles. The molecule has 4 heterocycles. The Balaban J connectivity index is 1.39. The lowest BCUT2D eigenvalue weighted by atomic mass is 10.0. The van der Waals surface area contributed by atoms with Gasteiger partial charge < -0.3 is 19.5 Å². The van der Waals surface area contributed by atoms with E-state index in [1.54, 1.807) is 29.7 Å². The van der Waals surface area contributed by atoms with Crippen LogP contribution in [0.25, 0.3) is 10.3 Å². The minimum absolute atomic E-state index is 0.0326. The highest BCUT2D eigenvalue weighted by Gasteiger charge is 2.32. The van der Waals surface area contributed by atoms with Gasteiger partial charge in [0.1, 0.15) is 16.4 Å². The van der Waals surface area contributed by atoms with E-state index in [4.69, 9.17) is 4.42 Å². The fraction of sp³-hybridized carbons (Fsp3) is 0.400. The Morgan fingerprint density at radius 2 is 1.97 bits per heavy atom. The van der Waals surface area contributed by atoms with Crippen molar-refractivity contribution >= 4 is 38.6 Å². The Hall–Kier alpha value is -2.94. The van der Waals surface area contributed by atoms with Gasteiger partial charge >= 0.3 is 0 Å². The van der Waals surface area contributed by atoms with Crippen molar-refractivity contribution in [1.82, 2.24) is 20.2 Å². The van der Waals surface area contributed by atoms with Gasteiger partial charge in [0.05, 0.1) is 6.26 Å². The molecule has 8 nitrogen and oxygen atoms in total. The molecule has 0 aromatic carbocycles. The third-order valence-electron chi connectivity index (χ3n) is 4.98. The second-order valence-corrected chi connectivity index (χ2v) is 8.26. The molecule has 1 unspecified atom stereocenters. The van der Waals surface area contributed by atoms with Crippen LogP contribution >= 0.6 is 11.3 Å². The number of furan rings is 1. The number of fused-ring (bicyclic) bond motifs is 1. The van der Waals surface area contributed by atoms with Crippen LogP contribution in [0.5, 0.6) is 0 Å². The first kappa shape index (κ1) is 19.4. The van der Waals surface area contributed by atoms with Crippen LogP contribution < -0.4 is 10.2 Å². The maximum atomic E-state index is 13.1. The van der Waals surface area contributed by atoms with Crippen LogP contribution in [0.4, 0.5) is 5.13 Å². The van der Waals surface area contributed by atoms with Crippen LogP contribution in [0.15, 0.2) is 41.1 Å². The molecule has 3 aromatic rings. The van der Waals surface area contributed by atoms with Crippen LogP contribution in [0.3, 0.4) is 0 Å². The summed E-state index contributed by atoms with van der Waals surface area (Å²) in [5, 5.41) is 3.75. The number of nitrogens with zero attached hydrogens (tertiary/aromatic N) is 4. The number of amides is 2. The van der Waals surface area contributed by atoms with Gasteiger partial charge in [-0.25, -0.2) is 9.97 Å². The smallest absolute Gasteiger partial charge is 0.287 e. The van der Waals surface area contributed by atoms with Gasteiger partial charge in [0, 0.05) is 32.4 Å². The van der Waals surface area contributed by atoms with Gasteiger partial charge in [-0.1, -0.05) is 25.2 Å². The zero-order chi connectivity index (χ0) is 20.4. The highest BCUT2D eigenvalue weighted by atomic mass is 32.1. The van der Waals surface area contributed by atoms with Crippen molar-refractivity contribution in [3.05, 3.63) is 42.5 Å². The number of hydrogen-bond donors (Lipinski definition) is 1. The number of carbonyl (C=O) groups is 2. The van der Waals surface area contributed by atoms with E-state index in [9.17, 15) is 9.59 Å². The SMILES string of the molecule is CC(C)C(NC(=O)c1ccco1)C(=O)N1CCN(c2nc3cccnc3s2)CC1. The molecular weight excluding hydrogens is 390 g/mol. The van der Waals surface area contributed by atoms with Crippen molar-refractivity contribution in [2.75, 3.05) is 31.1 Å². The van der Waals surface area contributed by atoms with Crippen LogP contribution in [0.1, 0.15) is 24.4 Å². The van der Waals surface area contributed by atoms with E-state index in [2.05, 4.69) is 20.2 Å². The van der Waals surface area contributed by atoms with Crippen molar-refractivity contribution in [2.45, 2.75) is 19.9 Å². The van der Waals surface area contributed by atoms with Gasteiger partial charge in [0.15, 0.2) is 10.9 Å². The zero-order valence-electron chi connectivity index (χ0n) is 16.4. The first-order valence-corrected chi connectivity index (χ1v) is 10.4. The second kappa shape index (κ2) is 8.20. The lowest BCUT2D eigenvalue weighted by molar-refractivity contribution is -0.134. The molecular formula is C20H23N5O3S. The topological polar surface area (TPSA) is 91.6 Å². The molecule has 0 bridgehead atoms. The average molecular weight is 414 g/mol. The maximum Gasteiger partial charge on any atom is 0.287 e. The summed E-state index contributed by atoms with van der Waals surface area (Å²) < 4.78 is 5.13. The third-order valence-corrected chi connectivity index (χ3v) is 6.02. The van der Waals surface area contributed by atoms with Gasteiger partial charge in [-0.2, -0.15) is 0 Å². The van der Waals surface area contributed by atoms with Crippen molar-refractivity contribution < 1.29 is 14.0 Å². The average Bonchev–Trinajstić information content (AvgIpc) is 3.41. The molecule has 152 valence electrons. The van der Waals surface area contributed by atoms with Crippen molar-refractivity contribution in [3.8, 4) is 0 Å². The quantitative estimate of drug-likeness (QED) is 0.691. The normalized spacial score (nSPS) is 15.7. The summed E-state index contributed by atoms with van der Waals surface area (Å²) in [4.78, 5) is 39.3. The first-order valence-electron chi connectivity index (χ1n) is 9.62. The van der Waals surface area contributed by atoms with Crippen LogP contribution in [-0.2, 0) is 4.79 Å². The molecule has 1 fully saturated rings.